The Labute approximate surface area is 182 Å². The maximum atomic E-state index is 13.2. The Morgan fingerprint density at radius 3 is 2.50 bits per heavy atom. The molecular formula is C23H21BrN4O2. The van der Waals surface area contributed by atoms with Crippen LogP contribution in [-0.2, 0) is 4.74 Å². The fourth-order valence-electron chi connectivity index (χ4n) is 4.13. The maximum absolute atomic E-state index is 13.2. The predicted molar refractivity (Wildman–Crippen MR) is 121 cm³/mol. The van der Waals surface area contributed by atoms with Gasteiger partial charge in [-0.2, -0.15) is 0 Å². The minimum atomic E-state index is -0.428. The quantitative estimate of drug-likeness (QED) is 0.409. The Morgan fingerprint density at radius 2 is 1.77 bits per heavy atom. The number of nitrogen functional groups attached to an aromatic ring is 1. The van der Waals surface area contributed by atoms with Crippen LogP contribution in [-0.4, -0.2) is 26.6 Å². The van der Waals surface area contributed by atoms with Crippen LogP contribution in [0.3, 0.4) is 0 Å². The van der Waals surface area contributed by atoms with Crippen molar-refractivity contribution >= 4 is 49.9 Å². The second-order valence-corrected chi connectivity index (χ2v) is 8.54. The lowest BCUT2D eigenvalue weighted by atomic mass is 9.98. The van der Waals surface area contributed by atoms with E-state index in [1.165, 1.54) is 6.42 Å². The molecule has 0 aliphatic heterocycles. The van der Waals surface area contributed by atoms with Crippen LogP contribution in [0.4, 0.5) is 5.82 Å². The molecule has 0 saturated heterocycles. The van der Waals surface area contributed by atoms with Crippen LogP contribution < -0.4 is 5.73 Å². The summed E-state index contributed by atoms with van der Waals surface area (Å²) in [7, 11) is 0. The minimum absolute atomic E-state index is 0.0664. The molecule has 1 aliphatic rings. The van der Waals surface area contributed by atoms with Crippen molar-refractivity contribution in [3.8, 4) is 5.69 Å². The topological polar surface area (TPSA) is 83.0 Å². The number of aromatic nitrogens is 3. The van der Waals surface area contributed by atoms with Gasteiger partial charge in [0.25, 0.3) is 0 Å². The average molecular weight is 465 g/mol. The first-order valence-corrected chi connectivity index (χ1v) is 10.9. The highest BCUT2D eigenvalue weighted by Crippen LogP contribution is 2.33. The zero-order chi connectivity index (χ0) is 20.7. The Hall–Kier alpha value is -2.93. The van der Waals surface area contributed by atoms with Gasteiger partial charge in [0.1, 0.15) is 23.0 Å². The third-order valence-electron chi connectivity index (χ3n) is 5.59. The number of hydrogen-bond acceptors (Lipinski definition) is 5. The van der Waals surface area contributed by atoms with E-state index in [1.807, 2.05) is 48.5 Å². The molecule has 0 atom stereocenters. The number of esters is 1. The van der Waals surface area contributed by atoms with Crippen LogP contribution in [0.15, 0.2) is 53.0 Å². The lowest BCUT2D eigenvalue weighted by Crippen LogP contribution is -2.21. The van der Waals surface area contributed by atoms with Crippen LogP contribution in [0, 0.1) is 0 Å². The zero-order valence-electron chi connectivity index (χ0n) is 16.3. The monoisotopic (exact) mass is 464 g/mol. The van der Waals surface area contributed by atoms with Gasteiger partial charge in [0.15, 0.2) is 5.65 Å². The molecule has 1 aliphatic carbocycles. The molecule has 30 heavy (non-hydrogen) atoms. The van der Waals surface area contributed by atoms with Crippen molar-refractivity contribution in [3.63, 3.8) is 0 Å². The standard InChI is InChI=1S/C23H21BrN4O2/c24-14-7-6-8-15(13-14)28-21(25)19(23(29)30-16-9-2-1-3-10-16)20-22(28)27-18-12-5-4-11-17(18)26-20/h4-8,11-13,16H,1-3,9-10,25H2. The van der Waals surface area contributed by atoms with E-state index >= 15 is 0 Å². The van der Waals surface area contributed by atoms with E-state index in [4.69, 9.17) is 20.4 Å². The number of carbonyl (C=O) groups is 1. The van der Waals surface area contributed by atoms with E-state index in [9.17, 15) is 4.79 Å². The van der Waals surface area contributed by atoms with Crippen molar-refractivity contribution in [1.82, 2.24) is 14.5 Å². The maximum Gasteiger partial charge on any atom is 0.344 e. The number of benzene rings is 2. The summed E-state index contributed by atoms with van der Waals surface area (Å²) in [5.74, 6) is -0.137. The van der Waals surface area contributed by atoms with E-state index in [1.54, 1.807) is 4.57 Å². The summed E-state index contributed by atoms with van der Waals surface area (Å²) in [5.41, 5.74) is 10.1. The highest BCUT2D eigenvalue weighted by Gasteiger charge is 2.28. The Bertz CT molecular complexity index is 1260. The molecule has 152 valence electrons. The van der Waals surface area contributed by atoms with Gasteiger partial charge in [0, 0.05) is 4.47 Å². The van der Waals surface area contributed by atoms with Crippen LogP contribution in [0.1, 0.15) is 42.5 Å². The highest BCUT2D eigenvalue weighted by atomic mass is 79.9. The molecule has 5 rings (SSSR count). The second kappa shape index (κ2) is 7.72. The number of anilines is 1. The largest absolute Gasteiger partial charge is 0.459 e. The third kappa shape index (κ3) is 3.33. The minimum Gasteiger partial charge on any atom is -0.459 e. The number of nitrogens with two attached hydrogens (primary N) is 1. The molecule has 0 unspecified atom stereocenters. The van der Waals surface area contributed by atoms with Gasteiger partial charge in [-0.15, -0.1) is 0 Å². The van der Waals surface area contributed by atoms with Crippen molar-refractivity contribution in [3.05, 3.63) is 58.6 Å². The molecule has 2 N–H and O–H groups in total. The number of nitrogens with zero attached hydrogens (tertiary/aromatic N) is 3. The molecule has 1 fully saturated rings. The van der Waals surface area contributed by atoms with Crippen molar-refractivity contribution in [1.29, 1.82) is 0 Å². The smallest absolute Gasteiger partial charge is 0.344 e. The number of para-hydroxylation sites is 2. The van der Waals surface area contributed by atoms with E-state index < -0.39 is 5.97 Å². The molecule has 2 aromatic carbocycles. The Morgan fingerprint density at radius 1 is 1.03 bits per heavy atom. The van der Waals surface area contributed by atoms with E-state index in [0.717, 1.165) is 41.4 Å². The van der Waals surface area contributed by atoms with Crippen molar-refractivity contribution in [2.75, 3.05) is 5.73 Å². The van der Waals surface area contributed by atoms with Gasteiger partial charge in [-0.3, -0.25) is 4.57 Å². The second-order valence-electron chi connectivity index (χ2n) is 7.63. The summed E-state index contributed by atoms with van der Waals surface area (Å²) < 4.78 is 8.52. The highest BCUT2D eigenvalue weighted by molar-refractivity contribution is 9.10. The summed E-state index contributed by atoms with van der Waals surface area (Å²) in [5, 5.41) is 0. The first kappa shape index (κ1) is 19.1. The molecule has 2 heterocycles. The van der Waals surface area contributed by atoms with Gasteiger partial charge in [-0.25, -0.2) is 14.8 Å². The summed E-state index contributed by atoms with van der Waals surface area (Å²) in [4.78, 5) is 22.7. The fraction of sp³-hybridized carbons (Fsp3) is 0.261. The van der Waals surface area contributed by atoms with Crippen molar-refractivity contribution < 1.29 is 9.53 Å². The van der Waals surface area contributed by atoms with E-state index in [2.05, 4.69) is 15.9 Å². The van der Waals surface area contributed by atoms with Crippen LogP contribution in [0.25, 0.3) is 27.9 Å². The lowest BCUT2D eigenvalue weighted by molar-refractivity contribution is 0.0214. The summed E-state index contributed by atoms with van der Waals surface area (Å²) in [6.45, 7) is 0. The van der Waals surface area contributed by atoms with Crippen LogP contribution in [0.5, 0.6) is 0 Å². The zero-order valence-corrected chi connectivity index (χ0v) is 17.9. The van der Waals surface area contributed by atoms with E-state index in [0.29, 0.717) is 22.5 Å². The number of halogens is 1. The van der Waals surface area contributed by atoms with Gasteiger partial charge >= 0.3 is 5.97 Å². The summed E-state index contributed by atoms with van der Waals surface area (Å²) >= 11 is 3.51. The first-order chi connectivity index (χ1) is 14.6. The number of carbonyl (C=O) groups excluding carboxylic acids is 1. The number of hydrogen-bond donors (Lipinski definition) is 1. The van der Waals surface area contributed by atoms with Gasteiger partial charge in [0.05, 0.1) is 16.7 Å². The van der Waals surface area contributed by atoms with Gasteiger partial charge < -0.3 is 10.5 Å². The number of fused-ring (bicyclic) bond motifs is 2. The van der Waals surface area contributed by atoms with Gasteiger partial charge in [-0.1, -0.05) is 40.5 Å². The Balaban J connectivity index is 1.71. The van der Waals surface area contributed by atoms with E-state index in [-0.39, 0.29) is 11.7 Å². The molecule has 4 aromatic rings. The van der Waals surface area contributed by atoms with Crippen molar-refractivity contribution in [2.45, 2.75) is 38.2 Å². The van der Waals surface area contributed by atoms with Gasteiger partial charge in [0.2, 0.25) is 0 Å². The Kier molecular flexibility index (Phi) is 4.90. The first-order valence-electron chi connectivity index (χ1n) is 10.2. The van der Waals surface area contributed by atoms with Crippen LogP contribution >= 0.6 is 15.9 Å². The molecule has 0 bridgehead atoms. The molecular weight excluding hydrogens is 444 g/mol. The molecule has 0 radical (unpaired) electrons. The molecule has 0 amide bonds. The summed E-state index contributed by atoms with van der Waals surface area (Å²) in [6.07, 6.45) is 5.07. The molecule has 7 heteroatoms. The summed E-state index contributed by atoms with van der Waals surface area (Å²) in [6, 6.07) is 15.3. The molecule has 1 saturated carbocycles. The lowest BCUT2D eigenvalue weighted by Gasteiger charge is -2.21. The van der Waals surface area contributed by atoms with Gasteiger partial charge in [-0.05, 0) is 56.0 Å². The number of rotatable bonds is 3. The fourth-order valence-corrected chi connectivity index (χ4v) is 4.52. The normalized spacial score (nSPS) is 15.0. The molecule has 0 spiro atoms. The number of ether oxygens (including phenoxy) is 1. The SMILES string of the molecule is Nc1c(C(=O)OC2CCCCC2)c2nc3ccccc3nc2n1-c1cccc(Br)c1. The third-order valence-corrected chi connectivity index (χ3v) is 6.09. The predicted octanol–water partition coefficient (Wildman–Crippen LogP) is 5.41. The average Bonchev–Trinajstić information content (AvgIpc) is 3.03. The van der Waals surface area contributed by atoms with Crippen LogP contribution in [0.2, 0.25) is 0 Å². The molecule has 2 aromatic heterocycles. The van der Waals surface area contributed by atoms with Crippen molar-refractivity contribution in [2.24, 2.45) is 0 Å². The molecule has 6 nitrogen and oxygen atoms in total.